The van der Waals surface area contributed by atoms with Gasteiger partial charge in [-0.2, -0.15) is 0 Å². The zero-order valence-electron chi connectivity index (χ0n) is 17.8. The van der Waals surface area contributed by atoms with Gasteiger partial charge in [-0.3, -0.25) is 9.59 Å². The Hall–Kier alpha value is -2.62. The van der Waals surface area contributed by atoms with Crippen LogP contribution in [0.5, 0.6) is 0 Å². The highest BCUT2D eigenvalue weighted by Crippen LogP contribution is 2.52. The van der Waals surface area contributed by atoms with E-state index in [0.717, 1.165) is 19.5 Å². The number of amides is 2. The topological polar surface area (TPSA) is 40.6 Å². The summed E-state index contributed by atoms with van der Waals surface area (Å²) in [6, 6.07) is 20.7. The van der Waals surface area contributed by atoms with Crippen molar-refractivity contribution in [3.63, 3.8) is 0 Å². The van der Waals surface area contributed by atoms with Crippen LogP contribution < -0.4 is 0 Å². The molecule has 2 aromatic rings. The third-order valence-electron chi connectivity index (χ3n) is 7.55. The molecule has 1 aliphatic carbocycles. The van der Waals surface area contributed by atoms with Crippen molar-refractivity contribution in [1.29, 1.82) is 0 Å². The Morgan fingerprint density at radius 1 is 0.733 bits per heavy atom. The second kappa shape index (κ2) is 7.26. The molecule has 2 amide bonds. The van der Waals surface area contributed by atoms with E-state index in [-0.39, 0.29) is 23.9 Å². The first-order valence-corrected chi connectivity index (χ1v) is 11.2. The standard InChI is InChI=1S/C26H30N2O2/c1-18-16-27(22(18)20-10-5-3-6-11-20)24(29)26(14-9-15-26)25(30)28-17-19(2)23(28)21-12-7-4-8-13-21/h3-8,10-13,18-19,22-23H,9,14-17H2,1-2H3. The Bertz CT molecular complexity index is 865. The van der Waals surface area contributed by atoms with Gasteiger partial charge in [-0.1, -0.05) is 80.9 Å². The number of benzene rings is 2. The molecule has 0 spiro atoms. The predicted molar refractivity (Wildman–Crippen MR) is 116 cm³/mol. The summed E-state index contributed by atoms with van der Waals surface area (Å²) in [5.41, 5.74) is 1.50. The van der Waals surface area contributed by atoms with E-state index >= 15 is 0 Å². The molecular formula is C26H30N2O2. The predicted octanol–water partition coefficient (Wildman–Crippen LogP) is 4.60. The molecule has 3 fully saturated rings. The van der Waals surface area contributed by atoms with Crippen LogP contribution in [0.1, 0.15) is 56.3 Å². The Morgan fingerprint density at radius 3 is 1.43 bits per heavy atom. The first-order chi connectivity index (χ1) is 14.5. The maximum Gasteiger partial charge on any atom is 0.238 e. The molecular weight excluding hydrogens is 372 g/mol. The normalized spacial score (nSPS) is 29.4. The highest BCUT2D eigenvalue weighted by molar-refractivity contribution is 6.06. The van der Waals surface area contributed by atoms with E-state index in [2.05, 4.69) is 38.1 Å². The SMILES string of the molecule is CC1CN(C(=O)C2(C(=O)N3CC(C)C3c3ccccc3)CCC2)C1c1ccccc1. The minimum atomic E-state index is -0.847. The molecule has 1 saturated carbocycles. The molecule has 3 aliphatic rings. The molecule has 4 nitrogen and oxygen atoms in total. The molecule has 0 bridgehead atoms. The van der Waals surface area contributed by atoms with Crippen molar-refractivity contribution in [1.82, 2.24) is 9.80 Å². The van der Waals surface area contributed by atoms with Gasteiger partial charge in [-0.25, -0.2) is 0 Å². The van der Waals surface area contributed by atoms with Crippen molar-refractivity contribution >= 4 is 11.8 Å². The zero-order valence-corrected chi connectivity index (χ0v) is 17.8. The molecule has 4 atom stereocenters. The summed E-state index contributed by atoms with van der Waals surface area (Å²) in [6.45, 7) is 5.87. The van der Waals surface area contributed by atoms with Gasteiger partial charge in [0.05, 0.1) is 12.1 Å². The van der Waals surface area contributed by atoms with Crippen molar-refractivity contribution < 1.29 is 9.59 Å². The lowest BCUT2D eigenvalue weighted by Gasteiger charge is -2.56. The summed E-state index contributed by atoms with van der Waals surface area (Å²) in [7, 11) is 0. The van der Waals surface area contributed by atoms with E-state index in [9.17, 15) is 9.59 Å². The summed E-state index contributed by atoms with van der Waals surface area (Å²) in [5.74, 6) is 0.948. The largest absolute Gasteiger partial charge is 0.334 e. The van der Waals surface area contributed by atoms with Crippen LogP contribution >= 0.6 is 0 Å². The van der Waals surface area contributed by atoms with Gasteiger partial charge in [0, 0.05) is 13.1 Å². The van der Waals surface area contributed by atoms with Gasteiger partial charge in [0.1, 0.15) is 5.41 Å². The van der Waals surface area contributed by atoms with Gasteiger partial charge >= 0.3 is 0 Å². The third-order valence-corrected chi connectivity index (χ3v) is 7.55. The van der Waals surface area contributed by atoms with Crippen LogP contribution in [-0.4, -0.2) is 34.7 Å². The smallest absolute Gasteiger partial charge is 0.238 e. The molecule has 30 heavy (non-hydrogen) atoms. The number of hydrogen-bond acceptors (Lipinski definition) is 2. The van der Waals surface area contributed by atoms with Crippen molar-refractivity contribution in [2.24, 2.45) is 17.3 Å². The maximum atomic E-state index is 13.7. The molecule has 5 rings (SSSR count). The molecule has 0 radical (unpaired) electrons. The summed E-state index contributed by atoms with van der Waals surface area (Å²) >= 11 is 0. The van der Waals surface area contributed by atoms with Gasteiger partial charge in [0.25, 0.3) is 0 Å². The van der Waals surface area contributed by atoms with Crippen molar-refractivity contribution in [3.8, 4) is 0 Å². The van der Waals surface area contributed by atoms with Gasteiger partial charge in [0.2, 0.25) is 11.8 Å². The van der Waals surface area contributed by atoms with E-state index in [1.54, 1.807) is 0 Å². The number of carbonyl (C=O) groups is 2. The summed E-state index contributed by atoms with van der Waals surface area (Å²) < 4.78 is 0. The molecule has 4 unspecified atom stereocenters. The van der Waals surface area contributed by atoms with Gasteiger partial charge in [-0.05, 0) is 35.8 Å². The van der Waals surface area contributed by atoms with Gasteiger partial charge in [0.15, 0.2) is 0 Å². The maximum absolute atomic E-state index is 13.7. The molecule has 2 heterocycles. The Balaban J connectivity index is 1.39. The fourth-order valence-corrected chi connectivity index (χ4v) is 5.72. The van der Waals surface area contributed by atoms with Crippen LogP contribution in [0.3, 0.4) is 0 Å². The lowest BCUT2D eigenvalue weighted by atomic mass is 9.64. The Morgan fingerprint density at radius 2 is 1.13 bits per heavy atom. The third kappa shape index (κ3) is 2.80. The fourth-order valence-electron chi connectivity index (χ4n) is 5.72. The van der Waals surface area contributed by atoms with E-state index in [4.69, 9.17) is 0 Å². The highest BCUT2D eigenvalue weighted by atomic mass is 16.2. The van der Waals surface area contributed by atoms with Gasteiger partial charge in [-0.15, -0.1) is 0 Å². The average molecular weight is 403 g/mol. The minimum Gasteiger partial charge on any atom is -0.334 e. The molecule has 4 heteroatoms. The van der Waals surface area contributed by atoms with Crippen molar-refractivity contribution in [2.75, 3.05) is 13.1 Å². The second-order valence-electron chi connectivity index (χ2n) is 9.52. The van der Waals surface area contributed by atoms with Crippen LogP contribution in [0.2, 0.25) is 0 Å². The van der Waals surface area contributed by atoms with Crippen LogP contribution in [0.25, 0.3) is 0 Å². The molecule has 2 saturated heterocycles. The average Bonchev–Trinajstić information content (AvgIpc) is 2.70. The zero-order chi connectivity index (χ0) is 20.9. The van der Waals surface area contributed by atoms with Crippen molar-refractivity contribution in [2.45, 2.75) is 45.2 Å². The fraction of sp³-hybridized carbons (Fsp3) is 0.462. The molecule has 2 aromatic carbocycles. The summed E-state index contributed by atoms with van der Waals surface area (Å²) in [4.78, 5) is 31.4. The van der Waals surface area contributed by atoms with Crippen LogP contribution in [-0.2, 0) is 9.59 Å². The monoisotopic (exact) mass is 402 g/mol. The first-order valence-electron chi connectivity index (χ1n) is 11.2. The Kier molecular flexibility index (Phi) is 4.68. The number of nitrogens with zero attached hydrogens (tertiary/aromatic N) is 2. The summed E-state index contributed by atoms with van der Waals surface area (Å²) in [5, 5.41) is 0. The Labute approximate surface area is 178 Å². The quantitative estimate of drug-likeness (QED) is 0.702. The number of hydrogen-bond donors (Lipinski definition) is 0. The minimum absolute atomic E-state index is 0.0528. The molecule has 0 aromatic heterocycles. The lowest BCUT2D eigenvalue weighted by molar-refractivity contribution is -0.177. The van der Waals surface area contributed by atoms with E-state index in [1.807, 2.05) is 46.2 Å². The number of likely N-dealkylation sites (tertiary alicyclic amines) is 2. The van der Waals surface area contributed by atoms with E-state index < -0.39 is 5.41 Å². The highest BCUT2D eigenvalue weighted by Gasteiger charge is 2.59. The van der Waals surface area contributed by atoms with E-state index in [1.165, 1.54) is 11.1 Å². The van der Waals surface area contributed by atoms with Crippen molar-refractivity contribution in [3.05, 3.63) is 71.8 Å². The summed E-state index contributed by atoms with van der Waals surface area (Å²) in [6.07, 6.45) is 2.32. The number of carbonyl (C=O) groups excluding carboxylic acids is 2. The van der Waals surface area contributed by atoms with Gasteiger partial charge < -0.3 is 9.80 Å². The molecule has 0 N–H and O–H groups in total. The van der Waals surface area contributed by atoms with Crippen LogP contribution in [0.15, 0.2) is 60.7 Å². The molecule has 156 valence electrons. The van der Waals surface area contributed by atoms with Crippen LogP contribution in [0.4, 0.5) is 0 Å². The molecule has 2 aliphatic heterocycles. The van der Waals surface area contributed by atoms with Crippen LogP contribution in [0, 0.1) is 17.3 Å². The lowest BCUT2D eigenvalue weighted by Crippen LogP contribution is -2.65. The first kappa shape index (κ1) is 19.3. The van der Waals surface area contributed by atoms with E-state index in [0.29, 0.717) is 24.7 Å². The second-order valence-corrected chi connectivity index (χ2v) is 9.52. The number of rotatable bonds is 4.